The Kier molecular flexibility index (Phi) is 58.4. The number of carboxylic acids is 1. The third-order valence-corrected chi connectivity index (χ3v) is 5.17. The first-order chi connectivity index (χ1) is 23.6. The van der Waals surface area contributed by atoms with Gasteiger partial charge in [0.2, 0.25) is 0 Å². The van der Waals surface area contributed by atoms with E-state index in [9.17, 15) is 9.59 Å². The number of hydrogen-bond donors (Lipinski definition) is 1. The number of aliphatic carboxylic acids is 1. The van der Waals surface area contributed by atoms with Crippen LogP contribution < -0.4 is 18.9 Å². The van der Waals surface area contributed by atoms with Crippen molar-refractivity contribution >= 4 is 11.9 Å². The van der Waals surface area contributed by atoms with Crippen LogP contribution in [0.5, 0.6) is 0 Å². The van der Waals surface area contributed by atoms with Crippen LogP contribution in [-0.2, 0) is 71.2 Å². The van der Waals surface area contributed by atoms with E-state index in [4.69, 9.17) is 66.7 Å². The second kappa shape index (κ2) is 52.4. The van der Waals surface area contributed by atoms with Crippen LogP contribution in [0.2, 0.25) is 0 Å². The maximum atomic E-state index is 11.0. The first kappa shape index (κ1) is 55.8. The van der Waals surface area contributed by atoms with Gasteiger partial charge in [0.15, 0.2) is 0 Å². The summed E-state index contributed by atoms with van der Waals surface area (Å²) in [5.41, 5.74) is 0. The minimum absolute atomic E-state index is 0. The second-order valence-corrected chi connectivity index (χ2v) is 9.43. The van der Waals surface area contributed by atoms with Crippen molar-refractivity contribution in [2.75, 3.05) is 165 Å². The van der Waals surface area contributed by atoms with Crippen LogP contribution in [0.4, 0.5) is 0 Å². The van der Waals surface area contributed by atoms with Crippen LogP contribution in [0.25, 0.3) is 0 Å². The van der Waals surface area contributed by atoms with Crippen LogP contribution in [-0.4, -0.2) is 188 Å². The summed E-state index contributed by atoms with van der Waals surface area (Å²) in [4.78, 5) is 21.1. The van der Waals surface area contributed by atoms with Crippen molar-refractivity contribution < 1.29 is 101 Å². The van der Waals surface area contributed by atoms with Gasteiger partial charge in [0, 0.05) is 13.2 Å². The molecule has 0 aromatic heterocycles. The average Bonchev–Trinajstić information content (AvgIpc) is 3.07. The molecular weight excluding hydrogens is 663 g/mol. The van der Waals surface area contributed by atoms with Crippen molar-refractivity contribution in [2.45, 2.75) is 33.6 Å². The summed E-state index contributed by atoms with van der Waals surface area (Å²) < 4.78 is 67.7. The Morgan fingerprint density at radius 1 is 0.380 bits per heavy atom. The van der Waals surface area contributed by atoms with Crippen molar-refractivity contribution in [1.29, 1.82) is 0 Å². The molecule has 0 spiro atoms. The van der Waals surface area contributed by atoms with E-state index in [-0.39, 0.29) is 50.1 Å². The molecular formula is C32H65LiO17. The maximum Gasteiger partial charge on any atom is 1.00 e. The van der Waals surface area contributed by atoms with Crippen molar-refractivity contribution in [3.05, 3.63) is 0 Å². The molecule has 0 aliphatic heterocycles. The molecule has 0 bridgehead atoms. The van der Waals surface area contributed by atoms with Gasteiger partial charge in [-0.25, -0.2) is 9.59 Å². The number of esters is 1. The van der Waals surface area contributed by atoms with E-state index in [1.807, 2.05) is 0 Å². The molecule has 0 aliphatic rings. The minimum Gasteiger partial charge on any atom is -0.870 e. The molecule has 0 fully saturated rings. The molecule has 0 unspecified atom stereocenters. The monoisotopic (exact) mass is 728 g/mol. The van der Waals surface area contributed by atoms with E-state index < -0.39 is 5.97 Å². The largest absolute Gasteiger partial charge is 1.00 e. The molecule has 0 heterocycles. The van der Waals surface area contributed by atoms with E-state index in [1.54, 1.807) is 6.92 Å². The van der Waals surface area contributed by atoms with Crippen molar-refractivity contribution in [1.82, 2.24) is 0 Å². The van der Waals surface area contributed by atoms with Gasteiger partial charge in [0.05, 0.1) is 139 Å². The van der Waals surface area contributed by atoms with Gasteiger partial charge in [0.25, 0.3) is 0 Å². The summed E-state index contributed by atoms with van der Waals surface area (Å²) in [6.45, 7) is 17.4. The van der Waals surface area contributed by atoms with Gasteiger partial charge in [-0.3, -0.25) is 0 Å². The Bertz CT molecular complexity index is 638. The Morgan fingerprint density at radius 3 is 0.820 bits per heavy atom. The first-order valence-electron chi connectivity index (χ1n) is 16.9. The predicted octanol–water partition coefficient (Wildman–Crippen LogP) is -1.53. The van der Waals surface area contributed by atoms with Gasteiger partial charge in [-0.2, -0.15) is 0 Å². The third kappa shape index (κ3) is 56.4. The molecule has 0 saturated heterocycles. The van der Waals surface area contributed by atoms with Crippen LogP contribution in [0, 0.1) is 0 Å². The topological polar surface area (TPSA) is 204 Å². The van der Waals surface area contributed by atoms with Crippen molar-refractivity contribution in [3.8, 4) is 0 Å². The predicted molar refractivity (Wildman–Crippen MR) is 177 cm³/mol. The van der Waals surface area contributed by atoms with Crippen LogP contribution in [0.3, 0.4) is 0 Å². The molecule has 0 rings (SSSR count). The molecule has 18 heteroatoms. The number of carbonyl (C=O) groups is 2. The smallest absolute Gasteiger partial charge is 0.870 e. The summed E-state index contributed by atoms with van der Waals surface area (Å²) in [7, 11) is 0. The first-order valence-corrected chi connectivity index (χ1v) is 16.9. The Labute approximate surface area is 310 Å². The molecule has 0 atom stereocenters. The van der Waals surface area contributed by atoms with Gasteiger partial charge in [-0.05, 0) is 19.8 Å². The van der Waals surface area contributed by atoms with E-state index in [0.29, 0.717) is 132 Å². The number of carboxylic acid groups (broad SMARTS) is 1. The van der Waals surface area contributed by atoms with E-state index in [0.717, 1.165) is 26.1 Å². The fraction of sp³-hybridized carbons (Fsp3) is 0.938. The summed E-state index contributed by atoms with van der Waals surface area (Å²) in [6, 6.07) is 0. The zero-order chi connectivity index (χ0) is 35.4. The second-order valence-electron chi connectivity index (χ2n) is 9.43. The molecule has 0 aromatic carbocycles. The van der Waals surface area contributed by atoms with Gasteiger partial charge in [0.1, 0.15) is 13.2 Å². The van der Waals surface area contributed by atoms with E-state index in [1.165, 1.54) is 0 Å². The quantitative estimate of drug-likeness (QED) is 0.0433. The molecule has 0 radical (unpaired) electrons. The van der Waals surface area contributed by atoms with Crippen LogP contribution >= 0.6 is 0 Å². The molecule has 50 heavy (non-hydrogen) atoms. The summed E-state index contributed by atoms with van der Waals surface area (Å²) in [6.07, 6.45) is 2.05. The normalized spacial score (nSPS) is 10.5. The molecule has 296 valence electrons. The minimum atomic E-state index is -0.983. The molecule has 0 aromatic rings. The zero-order valence-corrected chi connectivity index (χ0v) is 31.1. The van der Waals surface area contributed by atoms with Gasteiger partial charge < -0.3 is 72.2 Å². The van der Waals surface area contributed by atoms with Gasteiger partial charge in [-0.1, -0.05) is 13.8 Å². The molecule has 17 nitrogen and oxygen atoms in total. The molecule has 0 aliphatic carbocycles. The maximum absolute atomic E-state index is 11.0. The van der Waals surface area contributed by atoms with Gasteiger partial charge >= 0.3 is 30.8 Å². The van der Waals surface area contributed by atoms with Crippen molar-refractivity contribution in [2.24, 2.45) is 0 Å². The summed E-state index contributed by atoms with van der Waals surface area (Å²) in [5.74, 6) is -1.34. The number of rotatable bonds is 39. The van der Waals surface area contributed by atoms with Crippen LogP contribution in [0.1, 0.15) is 33.6 Å². The summed E-state index contributed by atoms with van der Waals surface area (Å²) in [5, 5.41) is 8.34. The Morgan fingerprint density at radius 2 is 0.600 bits per heavy atom. The van der Waals surface area contributed by atoms with E-state index in [2.05, 4.69) is 13.8 Å². The van der Waals surface area contributed by atoms with Crippen LogP contribution in [0.15, 0.2) is 0 Å². The zero-order valence-electron chi connectivity index (χ0n) is 31.1. The standard InChI is InChI=1S/C17H34O8.C15H30O8.Li.H2O/c1-3-5-19-6-7-20-8-9-21-10-11-22-12-13-23-14-15-24-16-17(18)25-4-2;1-2-3-18-4-5-19-6-7-20-8-9-21-10-11-22-12-13-23-14-15(16)17;;/h3-16H2,1-2H3;2-14H2,1H3,(H,16,17);;1H2/q;;+1;/p-1. The number of carbonyl (C=O) groups excluding carboxylic acids is 1. The van der Waals surface area contributed by atoms with Gasteiger partial charge in [-0.15, -0.1) is 0 Å². The molecule has 2 N–H and O–H groups in total. The fourth-order valence-electron chi connectivity index (χ4n) is 3.01. The SMILES string of the molecule is CCCOCCOCCOCCOCCOCCOCC(=O)O.CCCOCCOCCOCCOCCOCCOCC(=O)OCC.[Li+].[OH-]. The van der Waals surface area contributed by atoms with E-state index >= 15 is 0 Å². The Hall–Kier alpha value is -0.983. The number of hydrogen-bond acceptors (Lipinski definition) is 16. The Balaban J connectivity index is -0.000000408. The average molecular weight is 729 g/mol. The molecule has 0 saturated carbocycles. The molecule has 0 amide bonds. The summed E-state index contributed by atoms with van der Waals surface area (Å²) >= 11 is 0. The fourth-order valence-corrected chi connectivity index (χ4v) is 3.01. The third-order valence-electron chi connectivity index (χ3n) is 5.17. The number of ether oxygens (including phenoxy) is 13. The van der Waals surface area contributed by atoms with Crippen molar-refractivity contribution in [3.63, 3.8) is 0 Å².